The molecule has 0 aliphatic rings. The number of benzene rings is 3. The Balaban J connectivity index is 2.09. The molecule has 146 valence electrons. The molecule has 3 aromatic rings. The molecule has 0 atom stereocenters. The van der Waals surface area contributed by atoms with Gasteiger partial charge >= 0.3 is 0 Å². The molecule has 0 spiro atoms. The molecule has 0 radical (unpaired) electrons. The summed E-state index contributed by atoms with van der Waals surface area (Å²) in [6.45, 7) is 0.0347. The molecule has 0 fully saturated rings. The number of sulfonamides is 1. The topological polar surface area (TPSA) is 55.8 Å². The third-order valence-corrected chi connectivity index (χ3v) is 5.98. The van der Waals surface area contributed by atoms with Crippen molar-refractivity contribution < 1.29 is 22.3 Å². The van der Waals surface area contributed by atoms with Gasteiger partial charge in [0.2, 0.25) is 0 Å². The van der Waals surface area contributed by atoms with Crippen molar-refractivity contribution in [3.63, 3.8) is 0 Å². The second-order valence-electron chi connectivity index (χ2n) is 6.02. The Morgan fingerprint density at radius 2 is 1.46 bits per heavy atom. The first-order valence-corrected chi connectivity index (χ1v) is 9.93. The first-order chi connectivity index (χ1) is 13.4. The third kappa shape index (κ3) is 4.26. The number of hydrogen-bond donors (Lipinski definition) is 0. The van der Waals surface area contributed by atoms with Gasteiger partial charge in [-0.2, -0.15) is 0 Å². The molecule has 0 aromatic heterocycles. The van der Waals surface area contributed by atoms with Gasteiger partial charge in [0.25, 0.3) is 10.0 Å². The highest BCUT2D eigenvalue weighted by atomic mass is 32.2. The second kappa shape index (κ2) is 8.31. The zero-order valence-corrected chi connectivity index (χ0v) is 16.3. The predicted molar refractivity (Wildman–Crippen MR) is 106 cm³/mol. The van der Waals surface area contributed by atoms with Crippen LogP contribution in [0, 0.1) is 5.82 Å². The van der Waals surface area contributed by atoms with Gasteiger partial charge in [0.15, 0.2) is 0 Å². The van der Waals surface area contributed by atoms with Crippen LogP contribution in [0.5, 0.6) is 11.5 Å². The molecule has 0 aliphatic heterocycles. The highest BCUT2D eigenvalue weighted by Crippen LogP contribution is 2.30. The van der Waals surface area contributed by atoms with E-state index in [4.69, 9.17) is 9.47 Å². The maximum Gasteiger partial charge on any atom is 0.264 e. The van der Waals surface area contributed by atoms with E-state index in [0.29, 0.717) is 22.7 Å². The van der Waals surface area contributed by atoms with E-state index in [-0.39, 0.29) is 17.3 Å². The van der Waals surface area contributed by atoms with Crippen LogP contribution in [0.25, 0.3) is 0 Å². The summed E-state index contributed by atoms with van der Waals surface area (Å²) in [4.78, 5) is 0.0942. The fourth-order valence-electron chi connectivity index (χ4n) is 2.73. The zero-order chi connectivity index (χ0) is 20.1. The van der Waals surface area contributed by atoms with Gasteiger partial charge in [-0.3, -0.25) is 4.31 Å². The second-order valence-corrected chi connectivity index (χ2v) is 7.88. The maximum absolute atomic E-state index is 13.4. The Morgan fingerprint density at radius 3 is 2.11 bits per heavy atom. The summed E-state index contributed by atoms with van der Waals surface area (Å²) < 4.78 is 51.8. The largest absolute Gasteiger partial charge is 0.497 e. The maximum atomic E-state index is 13.4. The molecule has 0 unspecified atom stereocenters. The molecule has 0 amide bonds. The Bertz CT molecular complexity index is 1050. The summed E-state index contributed by atoms with van der Waals surface area (Å²) in [7, 11) is -0.926. The quantitative estimate of drug-likeness (QED) is 0.594. The molecular weight excluding hydrogens is 381 g/mol. The van der Waals surface area contributed by atoms with E-state index in [0.717, 1.165) is 0 Å². The monoisotopic (exact) mass is 401 g/mol. The Morgan fingerprint density at radius 1 is 0.857 bits per heavy atom. The fourth-order valence-corrected chi connectivity index (χ4v) is 4.21. The molecule has 7 heteroatoms. The zero-order valence-electron chi connectivity index (χ0n) is 15.5. The highest BCUT2D eigenvalue weighted by Gasteiger charge is 2.26. The van der Waals surface area contributed by atoms with Crippen molar-refractivity contribution in [3.05, 3.63) is 84.2 Å². The lowest BCUT2D eigenvalue weighted by atomic mass is 10.2. The summed E-state index contributed by atoms with van der Waals surface area (Å²) in [6.07, 6.45) is 0. The van der Waals surface area contributed by atoms with Gasteiger partial charge in [-0.05, 0) is 42.0 Å². The van der Waals surface area contributed by atoms with Crippen LogP contribution in [0.15, 0.2) is 77.7 Å². The van der Waals surface area contributed by atoms with E-state index in [9.17, 15) is 12.8 Å². The SMILES string of the molecule is COc1cccc(N(Cc2ccc(F)cc2)S(=O)(=O)c2cccc(OC)c2)c1. The number of hydrogen-bond acceptors (Lipinski definition) is 4. The molecular formula is C21H20FNO4S. The predicted octanol–water partition coefficient (Wildman–Crippen LogP) is 4.24. The van der Waals surface area contributed by atoms with E-state index >= 15 is 0 Å². The average Bonchev–Trinajstić information content (AvgIpc) is 2.73. The van der Waals surface area contributed by atoms with Gasteiger partial charge in [0, 0.05) is 12.1 Å². The van der Waals surface area contributed by atoms with Crippen LogP contribution in [0.3, 0.4) is 0 Å². The minimum absolute atomic E-state index is 0.0347. The Hall–Kier alpha value is -3.06. The van der Waals surface area contributed by atoms with Gasteiger partial charge < -0.3 is 9.47 Å². The number of rotatable bonds is 7. The number of ether oxygens (including phenoxy) is 2. The smallest absolute Gasteiger partial charge is 0.264 e. The van der Waals surface area contributed by atoms with Crippen molar-refractivity contribution >= 4 is 15.7 Å². The lowest BCUT2D eigenvalue weighted by Gasteiger charge is -2.25. The molecule has 0 bridgehead atoms. The number of halogens is 1. The molecule has 3 aromatic carbocycles. The fraction of sp³-hybridized carbons (Fsp3) is 0.143. The van der Waals surface area contributed by atoms with Crippen molar-refractivity contribution in [2.75, 3.05) is 18.5 Å². The van der Waals surface area contributed by atoms with Crippen LogP contribution in [-0.2, 0) is 16.6 Å². The summed E-state index contributed by atoms with van der Waals surface area (Å²) >= 11 is 0. The Labute approximate surface area is 164 Å². The summed E-state index contributed by atoms with van der Waals surface area (Å²) in [6, 6.07) is 18.8. The van der Waals surface area contributed by atoms with E-state index in [1.165, 1.54) is 42.8 Å². The van der Waals surface area contributed by atoms with Crippen molar-refractivity contribution in [2.24, 2.45) is 0 Å². The lowest BCUT2D eigenvalue weighted by Crippen LogP contribution is -2.30. The van der Waals surface area contributed by atoms with Gasteiger partial charge in [-0.15, -0.1) is 0 Å². The standard InChI is InChI=1S/C21H20FNO4S/c1-26-19-6-3-5-18(13-19)23(15-16-9-11-17(22)12-10-16)28(24,25)21-8-4-7-20(14-21)27-2/h3-14H,15H2,1-2H3. The van der Waals surface area contributed by atoms with Gasteiger partial charge in [-0.25, -0.2) is 12.8 Å². The van der Waals surface area contributed by atoms with Gasteiger partial charge in [-0.1, -0.05) is 24.3 Å². The molecule has 0 heterocycles. The van der Waals surface area contributed by atoms with Crippen molar-refractivity contribution in [1.82, 2.24) is 0 Å². The number of anilines is 1. The first-order valence-electron chi connectivity index (χ1n) is 8.49. The minimum atomic E-state index is -3.92. The molecule has 28 heavy (non-hydrogen) atoms. The van der Waals surface area contributed by atoms with Gasteiger partial charge in [0.05, 0.1) is 31.3 Å². The molecule has 3 rings (SSSR count). The van der Waals surface area contributed by atoms with Crippen molar-refractivity contribution in [3.8, 4) is 11.5 Å². The minimum Gasteiger partial charge on any atom is -0.497 e. The molecule has 5 nitrogen and oxygen atoms in total. The van der Waals surface area contributed by atoms with Crippen molar-refractivity contribution in [1.29, 1.82) is 0 Å². The van der Waals surface area contributed by atoms with Crippen LogP contribution in [0.1, 0.15) is 5.56 Å². The Kier molecular flexibility index (Phi) is 5.84. The van der Waals surface area contributed by atoms with Gasteiger partial charge in [0.1, 0.15) is 17.3 Å². The van der Waals surface area contributed by atoms with E-state index < -0.39 is 10.0 Å². The molecule has 0 saturated carbocycles. The van der Waals surface area contributed by atoms with Crippen molar-refractivity contribution in [2.45, 2.75) is 11.4 Å². The average molecular weight is 401 g/mol. The van der Waals surface area contributed by atoms with Crippen LogP contribution in [-0.4, -0.2) is 22.6 Å². The summed E-state index contributed by atoms with van der Waals surface area (Å²) in [5.41, 5.74) is 1.09. The third-order valence-electron chi connectivity index (χ3n) is 4.21. The van der Waals surface area contributed by atoms with Crippen LogP contribution in [0.2, 0.25) is 0 Å². The first kappa shape index (κ1) is 19.7. The van der Waals surface area contributed by atoms with Crippen LogP contribution in [0.4, 0.5) is 10.1 Å². The number of nitrogens with zero attached hydrogens (tertiary/aromatic N) is 1. The summed E-state index contributed by atoms with van der Waals surface area (Å²) in [5, 5.41) is 0. The normalized spacial score (nSPS) is 11.1. The number of methoxy groups -OCH3 is 2. The molecule has 0 saturated heterocycles. The lowest BCUT2D eigenvalue weighted by molar-refractivity contribution is 0.413. The summed E-state index contributed by atoms with van der Waals surface area (Å²) in [5.74, 6) is 0.586. The van der Waals surface area contributed by atoms with E-state index in [1.807, 2.05) is 0 Å². The molecule has 0 N–H and O–H groups in total. The van der Waals surface area contributed by atoms with Crippen LogP contribution >= 0.6 is 0 Å². The molecule has 0 aliphatic carbocycles. The van der Waals surface area contributed by atoms with E-state index in [1.54, 1.807) is 48.5 Å². The van der Waals surface area contributed by atoms with E-state index in [2.05, 4.69) is 0 Å². The van der Waals surface area contributed by atoms with Crippen LogP contribution < -0.4 is 13.8 Å². The highest BCUT2D eigenvalue weighted by molar-refractivity contribution is 7.92.